The van der Waals surface area contributed by atoms with Crippen molar-refractivity contribution in [2.45, 2.75) is 26.2 Å². The van der Waals surface area contributed by atoms with E-state index in [0.29, 0.717) is 12.8 Å². The van der Waals surface area contributed by atoms with E-state index >= 15 is 0 Å². The number of ether oxygens (including phenoxy) is 2. The molecule has 0 aromatic heterocycles. The highest BCUT2D eigenvalue weighted by molar-refractivity contribution is 6.36. The van der Waals surface area contributed by atoms with Gasteiger partial charge in [-0.15, -0.1) is 0 Å². The van der Waals surface area contributed by atoms with Crippen LogP contribution in [0.5, 0.6) is 5.75 Å². The van der Waals surface area contributed by atoms with Gasteiger partial charge in [-0.25, -0.2) is 4.79 Å². The lowest BCUT2D eigenvalue weighted by Crippen LogP contribution is -2.17. The lowest BCUT2D eigenvalue weighted by molar-refractivity contribution is -0.135. The van der Waals surface area contributed by atoms with Gasteiger partial charge in [0.25, 0.3) is 0 Å². The van der Waals surface area contributed by atoms with Crippen molar-refractivity contribution in [3.63, 3.8) is 0 Å². The van der Waals surface area contributed by atoms with Gasteiger partial charge in [-0.2, -0.15) is 0 Å². The Morgan fingerprint density at radius 3 is 2.84 bits per heavy atom. The molecule has 19 heavy (non-hydrogen) atoms. The molecular weight excluding hydrogens is 246 g/mol. The summed E-state index contributed by atoms with van der Waals surface area (Å²) < 4.78 is 9.92. The summed E-state index contributed by atoms with van der Waals surface area (Å²) in [4.78, 5) is 11.4. The molecule has 5 nitrogen and oxygen atoms in total. The number of hydrogen-bond acceptors (Lipinski definition) is 5. The number of aryl methyl sites for hydroxylation is 1. The molecule has 0 unspecified atom stereocenters. The van der Waals surface area contributed by atoms with Crippen molar-refractivity contribution in [1.29, 1.82) is 0 Å². The van der Waals surface area contributed by atoms with Crippen LogP contribution in [0.1, 0.15) is 25.3 Å². The quantitative estimate of drug-likeness (QED) is 0.356. The molecule has 0 radical (unpaired) electrons. The van der Waals surface area contributed by atoms with Crippen molar-refractivity contribution in [3.8, 4) is 5.75 Å². The minimum atomic E-state index is -0.560. The molecule has 0 saturated heterocycles. The summed E-state index contributed by atoms with van der Waals surface area (Å²) in [7, 11) is 1.62. The average molecular weight is 265 g/mol. The summed E-state index contributed by atoms with van der Waals surface area (Å²) in [6, 6.07) is 7.73. The van der Waals surface area contributed by atoms with Gasteiger partial charge in [-0.3, -0.25) is 0 Å². The van der Waals surface area contributed by atoms with Crippen molar-refractivity contribution in [2.75, 3.05) is 13.7 Å². The van der Waals surface area contributed by atoms with Gasteiger partial charge in [-0.05, 0) is 37.5 Å². The Morgan fingerprint density at radius 1 is 1.42 bits per heavy atom. The zero-order valence-corrected chi connectivity index (χ0v) is 11.3. The minimum Gasteiger partial charge on any atom is -0.497 e. The van der Waals surface area contributed by atoms with Crippen molar-refractivity contribution >= 4 is 11.7 Å². The maximum Gasteiger partial charge on any atom is 0.356 e. The van der Waals surface area contributed by atoms with E-state index in [1.54, 1.807) is 14.0 Å². The molecule has 0 atom stereocenters. The van der Waals surface area contributed by atoms with E-state index in [9.17, 15) is 4.79 Å². The molecule has 1 aromatic carbocycles. The molecule has 1 N–H and O–H groups in total. The normalized spacial score (nSPS) is 11.2. The van der Waals surface area contributed by atoms with Crippen molar-refractivity contribution < 1.29 is 19.5 Å². The molecule has 0 aliphatic rings. The Kier molecular flexibility index (Phi) is 6.43. The third kappa shape index (κ3) is 4.99. The SMILES string of the molecule is CCOC(=O)C(CCCc1cccc(OC)c1)=NO. The van der Waals surface area contributed by atoms with Gasteiger partial charge in [-0.1, -0.05) is 17.3 Å². The molecule has 0 aliphatic heterocycles. The summed E-state index contributed by atoms with van der Waals surface area (Å²) in [6.07, 6.45) is 1.85. The lowest BCUT2D eigenvalue weighted by atomic mass is 10.1. The van der Waals surface area contributed by atoms with Crippen LogP contribution >= 0.6 is 0 Å². The summed E-state index contributed by atoms with van der Waals surface area (Å²) >= 11 is 0. The fourth-order valence-electron chi connectivity index (χ4n) is 1.70. The second-order valence-electron chi connectivity index (χ2n) is 3.97. The van der Waals surface area contributed by atoms with Gasteiger partial charge >= 0.3 is 5.97 Å². The van der Waals surface area contributed by atoms with E-state index < -0.39 is 5.97 Å². The van der Waals surface area contributed by atoms with E-state index in [2.05, 4.69) is 5.16 Å². The zero-order chi connectivity index (χ0) is 14.1. The molecular formula is C14H19NO4. The Balaban J connectivity index is 2.46. The predicted molar refractivity (Wildman–Crippen MR) is 71.8 cm³/mol. The first-order valence-electron chi connectivity index (χ1n) is 6.22. The Morgan fingerprint density at radius 2 is 2.21 bits per heavy atom. The van der Waals surface area contributed by atoms with E-state index in [0.717, 1.165) is 17.7 Å². The fraction of sp³-hybridized carbons (Fsp3) is 0.429. The van der Waals surface area contributed by atoms with Gasteiger partial charge in [0.05, 0.1) is 13.7 Å². The summed E-state index contributed by atoms with van der Waals surface area (Å²) in [5, 5.41) is 11.8. The van der Waals surface area contributed by atoms with Gasteiger partial charge in [0.1, 0.15) is 5.75 Å². The zero-order valence-electron chi connectivity index (χ0n) is 11.3. The van der Waals surface area contributed by atoms with Crippen molar-refractivity contribution in [3.05, 3.63) is 29.8 Å². The first kappa shape index (κ1) is 15.0. The van der Waals surface area contributed by atoms with Crippen LogP contribution in [0, 0.1) is 0 Å². The number of carbonyl (C=O) groups is 1. The highest BCUT2D eigenvalue weighted by atomic mass is 16.5. The van der Waals surface area contributed by atoms with Gasteiger partial charge in [0.15, 0.2) is 5.71 Å². The number of hydrogen-bond donors (Lipinski definition) is 1. The minimum absolute atomic E-state index is 0.0600. The largest absolute Gasteiger partial charge is 0.497 e. The Hall–Kier alpha value is -2.04. The molecule has 0 amide bonds. The first-order valence-corrected chi connectivity index (χ1v) is 6.22. The van der Waals surface area contributed by atoms with Crippen molar-refractivity contribution in [2.24, 2.45) is 5.16 Å². The predicted octanol–water partition coefficient (Wildman–Crippen LogP) is 2.41. The maximum atomic E-state index is 11.4. The number of esters is 1. The Bertz CT molecular complexity index is 443. The maximum absolute atomic E-state index is 11.4. The molecule has 104 valence electrons. The van der Waals surface area contributed by atoms with Crippen LogP contribution in [-0.2, 0) is 16.0 Å². The van der Waals surface area contributed by atoms with Crippen LogP contribution in [0.25, 0.3) is 0 Å². The van der Waals surface area contributed by atoms with Crippen molar-refractivity contribution in [1.82, 2.24) is 0 Å². The second kappa shape index (κ2) is 8.13. The third-order valence-corrected chi connectivity index (χ3v) is 2.64. The number of carbonyl (C=O) groups excluding carboxylic acids is 1. The molecule has 0 aliphatic carbocycles. The molecule has 5 heteroatoms. The van der Waals surface area contributed by atoms with Crippen LogP contribution in [0.3, 0.4) is 0 Å². The number of oxime groups is 1. The van der Waals surface area contributed by atoms with Gasteiger partial charge in [0, 0.05) is 6.42 Å². The molecule has 0 saturated carbocycles. The molecule has 0 spiro atoms. The average Bonchev–Trinajstić information content (AvgIpc) is 2.44. The van der Waals surface area contributed by atoms with Crippen LogP contribution in [-0.4, -0.2) is 30.6 Å². The summed E-state index contributed by atoms with van der Waals surface area (Å²) in [6.45, 7) is 1.98. The number of methoxy groups -OCH3 is 1. The van der Waals surface area contributed by atoms with Gasteiger partial charge in [0.2, 0.25) is 0 Å². The number of rotatable bonds is 7. The Labute approximate surface area is 112 Å². The highest BCUT2D eigenvalue weighted by Gasteiger charge is 2.12. The molecule has 0 heterocycles. The van der Waals surface area contributed by atoms with Crippen LogP contribution in [0.4, 0.5) is 0 Å². The number of benzene rings is 1. The van der Waals surface area contributed by atoms with E-state index in [1.165, 1.54) is 0 Å². The standard InChI is InChI=1S/C14H19NO4/c1-3-19-14(16)13(15-17)9-5-7-11-6-4-8-12(10-11)18-2/h4,6,8,10,17H,3,5,7,9H2,1-2H3. The van der Waals surface area contributed by atoms with Crippen LogP contribution < -0.4 is 4.74 Å². The van der Waals surface area contributed by atoms with Gasteiger partial charge < -0.3 is 14.7 Å². The monoisotopic (exact) mass is 265 g/mol. The lowest BCUT2D eigenvalue weighted by Gasteiger charge is -2.05. The van der Waals surface area contributed by atoms with E-state index in [1.807, 2.05) is 24.3 Å². The highest BCUT2D eigenvalue weighted by Crippen LogP contribution is 2.14. The smallest absolute Gasteiger partial charge is 0.356 e. The molecule has 0 fully saturated rings. The molecule has 1 aromatic rings. The summed E-state index contributed by atoms with van der Waals surface area (Å²) in [5.74, 6) is 0.245. The third-order valence-electron chi connectivity index (χ3n) is 2.64. The van der Waals surface area contributed by atoms with Crippen LogP contribution in [0.15, 0.2) is 29.4 Å². The molecule has 0 bridgehead atoms. The van der Waals surface area contributed by atoms with E-state index in [-0.39, 0.29) is 12.3 Å². The van der Waals surface area contributed by atoms with Crippen LogP contribution in [0.2, 0.25) is 0 Å². The molecule has 1 rings (SSSR count). The fourth-order valence-corrected chi connectivity index (χ4v) is 1.70. The first-order chi connectivity index (χ1) is 9.21. The number of nitrogens with zero attached hydrogens (tertiary/aromatic N) is 1. The topological polar surface area (TPSA) is 68.1 Å². The second-order valence-corrected chi connectivity index (χ2v) is 3.97. The van der Waals surface area contributed by atoms with E-state index in [4.69, 9.17) is 14.7 Å². The summed E-state index contributed by atoms with van der Waals surface area (Å²) in [5.41, 5.74) is 1.17.